The molecule has 2 aromatic carbocycles. The molecule has 132 valence electrons. The van der Waals surface area contributed by atoms with Gasteiger partial charge in [0.15, 0.2) is 11.5 Å². The minimum absolute atomic E-state index is 0.121. The van der Waals surface area contributed by atoms with E-state index in [1.807, 2.05) is 5.32 Å². The van der Waals surface area contributed by atoms with Crippen LogP contribution in [0.3, 0.4) is 0 Å². The van der Waals surface area contributed by atoms with Crippen molar-refractivity contribution in [2.75, 3.05) is 5.32 Å². The highest BCUT2D eigenvalue weighted by atomic mass is 35.5. The Bertz CT molecular complexity index is 831. The second-order valence-electron chi connectivity index (χ2n) is 4.97. The van der Waals surface area contributed by atoms with E-state index in [9.17, 15) is 22.4 Å². The Morgan fingerprint density at radius 2 is 1.76 bits per heavy atom. The van der Waals surface area contributed by atoms with Crippen molar-refractivity contribution in [2.45, 2.75) is 12.1 Å². The van der Waals surface area contributed by atoms with Gasteiger partial charge in [-0.25, -0.2) is 9.18 Å². The standard InChI is InChI=1S/C15H9ClF4N2O3/c16-8-5-6-11-12(7-8)25-15(24-11,14(18,19)20)22-13(23)21-10-4-2-1-3-9(10)17/h1-7H,(H2,21,22,23). The van der Waals surface area contributed by atoms with Crippen molar-refractivity contribution in [1.82, 2.24) is 5.32 Å². The Hall–Kier alpha value is -2.68. The average Bonchev–Trinajstić information content (AvgIpc) is 2.87. The number of hydrogen-bond donors (Lipinski definition) is 2. The number of carbonyl (C=O) groups is 1. The smallest absolute Gasteiger partial charge is 0.424 e. The highest BCUT2D eigenvalue weighted by Crippen LogP contribution is 2.46. The van der Waals surface area contributed by atoms with Gasteiger partial charge in [-0.3, -0.25) is 5.32 Å². The lowest BCUT2D eigenvalue weighted by Gasteiger charge is -2.29. The van der Waals surface area contributed by atoms with Crippen LogP contribution in [0.15, 0.2) is 42.5 Å². The van der Waals surface area contributed by atoms with Crippen LogP contribution in [0.4, 0.5) is 28.0 Å². The second-order valence-corrected chi connectivity index (χ2v) is 5.40. The second kappa shape index (κ2) is 5.99. The summed E-state index contributed by atoms with van der Waals surface area (Å²) in [6, 6.07) is 7.19. The summed E-state index contributed by atoms with van der Waals surface area (Å²) in [6.45, 7) is 0. The van der Waals surface area contributed by atoms with Gasteiger partial charge in [0.05, 0.1) is 5.69 Å². The van der Waals surface area contributed by atoms with Gasteiger partial charge in [0.2, 0.25) is 0 Å². The van der Waals surface area contributed by atoms with Crippen LogP contribution >= 0.6 is 11.6 Å². The zero-order chi connectivity index (χ0) is 18.2. The van der Waals surface area contributed by atoms with E-state index in [2.05, 4.69) is 0 Å². The van der Waals surface area contributed by atoms with E-state index in [0.29, 0.717) is 0 Å². The van der Waals surface area contributed by atoms with Crippen LogP contribution in [0.25, 0.3) is 0 Å². The Kier molecular flexibility index (Phi) is 4.11. The van der Waals surface area contributed by atoms with Crippen molar-refractivity contribution >= 4 is 23.3 Å². The minimum Gasteiger partial charge on any atom is -0.424 e. The monoisotopic (exact) mass is 376 g/mol. The number of ether oxygens (including phenoxy) is 2. The number of amides is 2. The number of nitrogens with one attached hydrogen (secondary N) is 2. The van der Waals surface area contributed by atoms with Gasteiger partial charge >= 0.3 is 18.1 Å². The first kappa shape index (κ1) is 17.2. The number of para-hydroxylation sites is 1. The molecule has 2 aromatic rings. The summed E-state index contributed by atoms with van der Waals surface area (Å²) in [7, 11) is 0. The molecule has 0 saturated heterocycles. The molecule has 2 amide bonds. The first-order valence-electron chi connectivity index (χ1n) is 6.78. The fourth-order valence-electron chi connectivity index (χ4n) is 2.08. The molecule has 1 aliphatic heterocycles. The van der Waals surface area contributed by atoms with Crippen LogP contribution in [0.2, 0.25) is 5.02 Å². The summed E-state index contributed by atoms with van der Waals surface area (Å²) in [5, 5.41) is 3.63. The van der Waals surface area contributed by atoms with E-state index in [1.165, 1.54) is 30.3 Å². The Morgan fingerprint density at radius 3 is 2.44 bits per heavy atom. The molecule has 10 heteroatoms. The number of rotatable bonds is 2. The Balaban J connectivity index is 1.84. The fourth-order valence-corrected chi connectivity index (χ4v) is 2.24. The van der Waals surface area contributed by atoms with Gasteiger partial charge in [-0.15, -0.1) is 0 Å². The number of urea groups is 1. The summed E-state index contributed by atoms with van der Waals surface area (Å²) < 4.78 is 63.5. The molecule has 0 fully saturated rings. The molecule has 0 aromatic heterocycles. The van der Waals surface area contributed by atoms with E-state index in [0.717, 1.165) is 12.1 Å². The van der Waals surface area contributed by atoms with E-state index in [4.69, 9.17) is 21.1 Å². The van der Waals surface area contributed by atoms with Gasteiger partial charge in [-0.1, -0.05) is 23.7 Å². The van der Waals surface area contributed by atoms with Gasteiger partial charge < -0.3 is 14.8 Å². The number of halogens is 5. The van der Waals surface area contributed by atoms with Gasteiger partial charge in [0.1, 0.15) is 5.82 Å². The predicted molar refractivity (Wildman–Crippen MR) is 80.0 cm³/mol. The third-order valence-corrected chi connectivity index (χ3v) is 3.42. The molecule has 1 atom stereocenters. The molecule has 5 nitrogen and oxygen atoms in total. The van der Waals surface area contributed by atoms with Gasteiger partial charge in [0, 0.05) is 11.1 Å². The summed E-state index contributed by atoms with van der Waals surface area (Å²) in [4.78, 5) is 11.9. The third-order valence-electron chi connectivity index (χ3n) is 3.19. The van der Waals surface area contributed by atoms with Crippen molar-refractivity contribution in [3.8, 4) is 11.5 Å². The molecule has 0 spiro atoms. The number of benzene rings is 2. The van der Waals surface area contributed by atoms with Crippen molar-refractivity contribution in [3.05, 3.63) is 53.3 Å². The number of anilines is 1. The predicted octanol–water partition coefficient (Wildman–Crippen LogP) is 4.29. The third kappa shape index (κ3) is 3.27. The summed E-state index contributed by atoms with van der Waals surface area (Å²) in [5.41, 5.74) is -0.309. The largest absolute Gasteiger partial charge is 0.492 e. The molecule has 3 rings (SSSR count). The van der Waals surface area contributed by atoms with E-state index in [-0.39, 0.29) is 22.2 Å². The van der Waals surface area contributed by atoms with Crippen molar-refractivity contribution in [2.24, 2.45) is 0 Å². The maximum atomic E-state index is 13.5. The molecule has 1 heterocycles. The molecule has 0 saturated carbocycles. The molecule has 1 aliphatic rings. The highest BCUT2D eigenvalue weighted by molar-refractivity contribution is 6.30. The summed E-state index contributed by atoms with van der Waals surface area (Å²) >= 11 is 5.70. The van der Waals surface area contributed by atoms with Crippen LogP contribution in [0.5, 0.6) is 11.5 Å². The van der Waals surface area contributed by atoms with Crippen LogP contribution < -0.4 is 20.1 Å². The average molecular weight is 377 g/mol. The topological polar surface area (TPSA) is 59.6 Å². The number of hydrogen-bond acceptors (Lipinski definition) is 3. The summed E-state index contributed by atoms with van der Waals surface area (Å²) in [5.74, 6) is -4.83. The SMILES string of the molecule is O=C(Nc1ccccc1F)NC1(C(F)(F)F)Oc2ccc(Cl)cc2O1. The van der Waals surface area contributed by atoms with Crippen LogP contribution in [0, 0.1) is 5.82 Å². The van der Waals surface area contributed by atoms with E-state index in [1.54, 1.807) is 5.32 Å². The van der Waals surface area contributed by atoms with Gasteiger partial charge in [0.25, 0.3) is 0 Å². The Labute approximate surface area is 143 Å². The lowest BCUT2D eigenvalue weighted by Crippen LogP contribution is -2.65. The zero-order valence-electron chi connectivity index (χ0n) is 12.2. The first-order valence-corrected chi connectivity index (χ1v) is 7.16. The quantitative estimate of drug-likeness (QED) is 0.769. The minimum atomic E-state index is -5.13. The maximum Gasteiger partial charge on any atom is 0.492 e. The Morgan fingerprint density at radius 1 is 1.08 bits per heavy atom. The normalized spacial score (nSPS) is 18.8. The van der Waals surface area contributed by atoms with Crippen molar-refractivity contribution in [1.29, 1.82) is 0 Å². The number of fused-ring (bicyclic) bond motifs is 1. The molecule has 0 radical (unpaired) electrons. The van der Waals surface area contributed by atoms with E-state index >= 15 is 0 Å². The van der Waals surface area contributed by atoms with Gasteiger partial charge in [-0.05, 0) is 24.3 Å². The molecule has 0 aliphatic carbocycles. The number of alkyl halides is 3. The van der Waals surface area contributed by atoms with Gasteiger partial charge in [-0.2, -0.15) is 13.2 Å². The molecule has 25 heavy (non-hydrogen) atoms. The molecular formula is C15H9ClF4N2O3. The van der Waals surface area contributed by atoms with Crippen LogP contribution in [-0.4, -0.2) is 18.1 Å². The van der Waals surface area contributed by atoms with Crippen LogP contribution in [-0.2, 0) is 0 Å². The van der Waals surface area contributed by atoms with E-state index < -0.39 is 23.9 Å². The fraction of sp³-hybridized carbons (Fsp3) is 0.133. The molecular weight excluding hydrogens is 368 g/mol. The summed E-state index contributed by atoms with van der Waals surface area (Å²) in [6.07, 6.45) is -5.13. The molecule has 0 bridgehead atoms. The zero-order valence-corrected chi connectivity index (χ0v) is 12.9. The lowest BCUT2D eigenvalue weighted by atomic mass is 10.3. The number of carbonyl (C=O) groups excluding carboxylic acids is 1. The maximum absolute atomic E-state index is 13.5. The lowest BCUT2D eigenvalue weighted by molar-refractivity contribution is -0.317. The van der Waals surface area contributed by atoms with Crippen molar-refractivity contribution in [3.63, 3.8) is 0 Å². The highest BCUT2D eigenvalue weighted by Gasteiger charge is 2.65. The molecule has 1 unspecified atom stereocenters. The first-order chi connectivity index (χ1) is 11.7. The molecule has 2 N–H and O–H groups in total. The van der Waals surface area contributed by atoms with Crippen molar-refractivity contribution < 1.29 is 31.8 Å². The van der Waals surface area contributed by atoms with Crippen LogP contribution in [0.1, 0.15) is 0 Å².